The van der Waals surface area contributed by atoms with Crippen molar-refractivity contribution in [1.82, 2.24) is 10.2 Å². The Morgan fingerprint density at radius 2 is 2.00 bits per heavy atom. The highest BCUT2D eigenvalue weighted by molar-refractivity contribution is 7.89. The van der Waals surface area contributed by atoms with E-state index in [9.17, 15) is 18.0 Å². The van der Waals surface area contributed by atoms with E-state index < -0.39 is 28.1 Å². The van der Waals surface area contributed by atoms with E-state index >= 15 is 0 Å². The Hall–Kier alpha value is -1.35. The van der Waals surface area contributed by atoms with Crippen LogP contribution < -0.4 is 10.5 Å². The molecule has 1 atom stereocenters. The Bertz CT molecular complexity index is 381. The van der Waals surface area contributed by atoms with E-state index in [0.717, 1.165) is 4.90 Å². The van der Waals surface area contributed by atoms with Gasteiger partial charge < -0.3 is 15.3 Å². The molecule has 0 saturated heterocycles. The molecule has 4 N–H and O–H groups in total. The molecule has 0 aliphatic heterocycles. The van der Waals surface area contributed by atoms with Crippen LogP contribution in [0.3, 0.4) is 0 Å². The number of primary sulfonamides is 1. The number of likely N-dealkylation sites (N-methyl/N-ethyl adjacent to an activating group) is 1. The summed E-state index contributed by atoms with van der Waals surface area (Å²) in [4.78, 5) is 23.0. The van der Waals surface area contributed by atoms with Gasteiger partial charge in [-0.25, -0.2) is 23.1 Å². The zero-order chi connectivity index (χ0) is 13.6. The predicted octanol–water partition coefficient (Wildman–Crippen LogP) is -1.22. The van der Waals surface area contributed by atoms with Gasteiger partial charge >= 0.3 is 12.0 Å². The Morgan fingerprint density at radius 1 is 1.47 bits per heavy atom. The van der Waals surface area contributed by atoms with Gasteiger partial charge in [-0.05, 0) is 13.3 Å². The van der Waals surface area contributed by atoms with Crippen LogP contribution in [0.1, 0.15) is 13.3 Å². The molecule has 0 aromatic rings. The number of nitrogens with zero attached hydrogens (tertiary/aromatic N) is 1. The van der Waals surface area contributed by atoms with Gasteiger partial charge in [-0.2, -0.15) is 0 Å². The van der Waals surface area contributed by atoms with Crippen molar-refractivity contribution >= 4 is 22.0 Å². The number of aliphatic carboxylic acids is 1. The lowest BCUT2D eigenvalue weighted by Crippen LogP contribution is -2.46. The van der Waals surface area contributed by atoms with Crippen molar-refractivity contribution < 1.29 is 23.1 Å². The van der Waals surface area contributed by atoms with Crippen molar-refractivity contribution in [3.63, 3.8) is 0 Å². The topological polar surface area (TPSA) is 130 Å². The predicted molar refractivity (Wildman–Crippen MR) is 60.9 cm³/mol. The summed E-state index contributed by atoms with van der Waals surface area (Å²) in [6, 6.07) is -1.53. The number of rotatable bonds is 6. The standard InChI is InChI=1S/C8H17N3O5S/c1-6(7(12)13)11(2)8(14)10-4-3-5-17(9,15)16/h6H,3-5H2,1-2H3,(H,10,14)(H,12,13)(H2,9,15,16). The van der Waals surface area contributed by atoms with E-state index in [2.05, 4.69) is 5.32 Å². The number of sulfonamides is 1. The van der Waals surface area contributed by atoms with Gasteiger partial charge in [0, 0.05) is 13.6 Å². The van der Waals surface area contributed by atoms with Gasteiger partial charge in [0.15, 0.2) is 0 Å². The summed E-state index contributed by atoms with van der Waals surface area (Å²) in [5.74, 6) is -1.35. The molecular formula is C8H17N3O5S. The highest BCUT2D eigenvalue weighted by Crippen LogP contribution is 1.96. The van der Waals surface area contributed by atoms with Gasteiger partial charge in [-0.15, -0.1) is 0 Å². The monoisotopic (exact) mass is 267 g/mol. The minimum atomic E-state index is -3.53. The fourth-order valence-electron chi connectivity index (χ4n) is 0.935. The maximum absolute atomic E-state index is 11.4. The highest BCUT2D eigenvalue weighted by Gasteiger charge is 2.21. The van der Waals surface area contributed by atoms with Crippen molar-refractivity contribution in [2.24, 2.45) is 5.14 Å². The minimum Gasteiger partial charge on any atom is -0.480 e. The normalized spacial score (nSPS) is 12.9. The second kappa shape index (κ2) is 6.40. The van der Waals surface area contributed by atoms with Crippen LogP contribution in [-0.2, 0) is 14.8 Å². The second-order valence-electron chi connectivity index (χ2n) is 3.58. The van der Waals surface area contributed by atoms with Gasteiger partial charge in [-0.3, -0.25) is 0 Å². The zero-order valence-corrected chi connectivity index (χ0v) is 10.5. The maximum Gasteiger partial charge on any atom is 0.326 e. The molecule has 17 heavy (non-hydrogen) atoms. The average Bonchev–Trinajstić information content (AvgIpc) is 2.20. The summed E-state index contributed by atoms with van der Waals surface area (Å²) in [5, 5.41) is 15.8. The molecule has 0 spiro atoms. The molecule has 2 amide bonds. The quantitative estimate of drug-likeness (QED) is 0.519. The molecule has 0 saturated carbocycles. The van der Waals surface area contributed by atoms with E-state index in [-0.39, 0.29) is 18.7 Å². The lowest BCUT2D eigenvalue weighted by molar-refractivity contribution is -0.141. The molecule has 0 bridgehead atoms. The number of carbonyl (C=O) groups is 2. The molecule has 1 unspecified atom stereocenters. The van der Waals surface area contributed by atoms with E-state index in [1.165, 1.54) is 14.0 Å². The van der Waals surface area contributed by atoms with Crippen molar-refractivity contribution in [2.75, 3.05) is 19.3 Å². The van der Waals surface area contributed by atoms with Crippen LogP contribution in [0.25, 0.3) is 0 Å². The first-order chi connectivity index (χ1) is 7.65. The first kappa shape index (κ1) is 15.7. The summed E-state index contributed by atoms with van der Waals surface area (Å²) in [6.07, 6.45) is 0.180. The number of hydrogen-bond donors (Lipinski definition) is 3. The number of nitrogens with one attached hydrogen (secondary N) is 1. The molecule has 0 heterocycles. The smallest absolute Gasteiger partial charge is 0.326 e. The Balaban J connectivity index is 3.99. The third kappa shape index (κ3) is 6.74. The first-order valence-electron chi connectivity index (χ1n) is 4.89. The van der Waals surface area contributed by atoms with Crippen molar-refractivity contribution in [3.05, 3.63) is 0 Å². The van der Waals surface area contributed by atoms with Gasteiger partial charge in [-0.1, -0.05) is 0 Å². The fourth-order valence-corrected chi connectivity index (χ4v) is 1.48. The molecular weight excluding hydrogens is 250 g/mol. The molecule has 0 aliphatic carbocycles. The minimum absolute atomic E-state index is 0.117. The molecule has 100 valence electrons. The van der Waals surface area contributed by atoms with Crippen LogP contribution in [0.5, 0.6) is 0 Å². The second-order valence-corrected chi connectivity index (χ2v) is 5.31. The molecule has 8 nitrogen and oxygen atoms in total. The summed E-state index contributed by atoms with van der Waals surface area (Å²) in [7, 11) is -2.19. The third-order valence-corrected chi connectivity index (χ3v) is 3.00. The van der Waals surface area contributed by atoms with E-state index in [0.29, 0.717) is 0 Å². The van der Waals surface area contributed by atoms with Gasteiger partial charge in [0.25, 0.3) is 0 Å². The third-order valence-electron chi connectivity index (χ3n) is 2.14. The first-order valence-corrected chi connectivity index (χ1v) is 6.60. The number of carboxylic acids is 1. The molecule has 9 heteroatoms. The summed E-state index contributed by atoms with van der Waals surface area (Å²) < 4.78 is 21.2. The average molecular weight is 267 g/mol. The van der Waals surface area contributed by atoms with Crippen LogP contribution in [0.2, 0.25) is 0 Å². The molecule has 0 fully saturated rings. The van der Waals surface area contributed by atoms with Crippen molar-refractivity contribution in [1.29, 1.82) is 0 Å². The van der Waals surface area contributed by atoms with Crippen LogP contribution in [0, 0.1) is 0 Å². The number of urea groups is 1. The molecule has 0 radical (unpaired) electrons. The zero-order valence-electron chi connectivity index (χ0n) is 9.71. The van der Waals surface area contributed by atoms with Crippen molar-refractivity contribution in [3.8, 4) is 0 Å². The van der Waals surface area contributed by atoms with Crippen molar-refractivity contribution in [2.45, 2.75) is 19.4 Å². The fraction of sp³-hybridized carbons (Fsp3) is 0.750. The van der Waals surface area contributed by atoms with Gasteiger partial charge in [0.2, 0.25) is 10.0 Å². The highest BCUT2D eigenvalue weighted by atomic mass is 32.2. The maximum atomic E-state index is 11.4. The van der Waals surface area contributed by atoms with Crippen LogP contribution >= 0.6 is 0 Å². The van der Waals surface area contributed by atoms with E-state index in [4.69, 9.17) is 10.2 Å². The molecule has 0 rings (SSSR count). The number of amides is 2. The van der Waals surface area contributed by atoms with E-state index in [1.54, 1.807) is 0 Å². The van der Waals surface area contributed by atoms with Gasteiger partial charge in [0.05, 0.1) is 5.75 Å². The van der Waals surface area contributed by atoms with Crippen LogP contribution in [0.4, 0.5) is 4.79 Å². The SMILES string of the molecule is CC(C(=O)O)N(C)C(=O)NCCCS(N)(=O)=O. The largest absolute Gasteiger partial charge is 0.480 e. The number of carboxylic acid groups (broad SMARTS) is 1. The number of nitrogens with two attached hydrogens (primary N) is 1. The van der Waals surface area contributed by atoms with Crippen LogP contribution in [0.15, 0.2) is 0 Å². The Labute approximate surface area is 99.8 Å². The molecule has 0 aromatic carbocycles. The lowest BCUT2D eigenvalue weighted by atomic mass is 10.3. The Morgan fingerprint density at radius 3 is 2.41 bits per heavy atom. The van der Waals surface area contributed by atoms with Gasteiger partial charge in [0.1, 0.15) is 6.04 Å². The summed E-state index contributed by atoms with van der Waals surface area (Å²) in [6.45, 7) is 1.48. The number of carbonyl (C=O) groups excluding carboxylic acids is 1. The number of hydrogen-bond acceptors (Lipinski definition) is 4. The Kier molecular flexibility index (Phi) is 5.89. The molecule has 0 aromatic heterocycles. The van der Waals surface area contributed by atoms with Crippen LogP contribution in [-0.4, -0.2) is 55.8 Å². The molecule has 0 aliphatic rings. The summed E-state index contributed by atoms with van der Waals surface area (Å²) in [5.41, 5.74) is 0. The lowest BCUT2D eigenvalue weighted by Gasteiger charge is -2.21. The summed E-state index contributed by atoms with van der Waals surface area (Å²) >= 11 is 0. The van der Waals surface area contributed by atoms with E-state index in [1.807, 2.05) is 0 Å².